The lowest BCUT2D eigenvalue weighted by Gasteiger charge is -2.32. The summed E-state index contributed by atoms with van der Waals surface area (Å²) in [5.41, 5.74) is 4.14. The molecule has 3 aromatic carbocycles. The maximum Gasteiger partial charge on any atom is 0.243 e. The first-order valence-electron chi connectivity index (χ1n) is 13.0. The maximum absolute atomic E-state index is 13.7. The molecule has 0 aliphatic carbocycles. The van der Waals surface area contributed by atoms with Crippen molar-refractivity contribution in [3.05, 3.63) is 107 Å². The first-order valence-corrected chi connectivity index (χ1v) is 13.0. The summed E-state index contributed by atoms with van der Waals surface area (Å²) < 4.78 is 13.6. The molecule has 0 heterocycles. The van der Waals surface area contributed by atoms with Crippen LogP contribution < -0.4 is 5.32 Å². The third-order valence-electron chi connectivity index (χ3n) is 6.42. The Morgan fingerprint density at radius 3 is 2.00 bits per heavy atom. The van der Waals surface area contributed by atoms with Gasteiger partial charge in [0.05, 0.1) is 0 Å². The molecule has 0 fully saturated rings. The van der Waals surface area contributed by atoms with Crippen molar-refractivity contribution in [2.24, 2.45) is 0 Å². The average molecular weight is 503 g/mol. The van der Waals surface area contributed by atoms with Gasteiger partial charge in [-0.2, -0.15) is 0 Å². The van der Waals surface area contributed by atoms with Gasteiger partial charge in [0.1, 0.15) is 11.9 Å². The highest BCUT2D eigenvalue weighted by Gasteiger charge is 2.30. The Balaban J connectivity index is 1.87. The quantitative estimate of drug-likeness (QED) is 0.358. The topological polar surface area (TPSA) is 49.4 Å². The van der Waals surface area contributed by atoms with Crippen molar-refractivity contribution >= 4 is 11.8 Å². The molecule has 1 atom stereocenters. The van der Waals surface area contributed by atoms with Crippen LogP contribution in [0.15, 0.2) is 78.9 Å². The molecular weight excluding hydrogens is 463 g/mol. The zero-order valence-electron chi connectivity index (χ0n) is 22.6. The fourth-order valence-electron chi connectivity index (χ4n) is 4.29. The van der Waals surface area contributed by atoms with Crippen LogP contribution in [0, 0.1) is 5.82 Å². The Labute approximate surface area is 220 Å². The number of carbonyl (C=O) groups is 2. The minimum Gasteiger partial charge on any atom is -0.352 e. The summed E-state index contributed by atoms with van der Waals surface area (Å²) in [6.45, 7) is 10.6. The molecule has 0 aliphatic rings. The second-order valence-electron chi connectivity index (χ2n) is 11.0. The van der Waals surface area contributed by atoms with Crippen LogP contribution in [0.4, 0.5) is 4.39 Å². The van der Waals surface area contributed by atoms with Crippen LogP contribution in [0.25, 0.3) is 0 Å². The summed E-state index contributed by atoms with van der Waals surface area (Å²) in [7, 11) is 0. The summed E-state index contributed by atoms with van der Waals surface area (Å²) >= 11 is 0. The lowest BCUT2D eigenvalue weighted by molar-refractivity contribution is -0.141. The number of benzene rings is 3. The average Bonchev–Trinajstić information content (AvgIpc) is 2.85. The number of halogens is 1. The molecule has 3 aromatic rings. The van der Waals surface area contributed by atoms with Crippen LogP contribution in [-0.2, 0) is 34.4 Å². The van der Waals surface area contributed by atoms with E-state index >= 15 is 0 Å². The third-order valence-corrected chi connectivity index (χ3v) is 6.42. The number of hydrogen-bond acceptors (Lipinski definition) is 2. The van der Waals surface area contributed by atoms with Gasteiger partial charge >= 0.3 is 0 Å². The van der Waals surface area contributed by atoms with Crippen molar-refractivity contribution in [2.45, 2.75) is 77.9 Å². The van der Waals surface area contributed by atoms with Gasteiger partial charge in [-0.15, -0.1) is 0 Å². The van der Waals surface area contributed by atoms with Crippen LogP contribution in [-0.4, -0.2) is 28.8 Å². The number of nitrogens with zero attached hydrogens (tertiary/aromatic N) is 1. The van der Waals surface area contributed by atoms with Gasteiger partial charge in [0.2, 0.25) is 11.8 Å². The molecular formula is C32H39FN2O2. The molecule has 0 saturated heterocycles. The molecule has 5 heteroatoms. The number of aryl methyl sites for hydroxylation is 1. The van der Waals surface area contributed by atoms with Gasteiger partial charge in [-0.3, -0.25) is 9.59 Å². The van der Waals surface area contributed by atoms with Gasteiger partial charge in [0, 0.05) is 25.4 Å². The highest BCUT2D eigenvalue weighted by Crippen LogP contribution is 2.23. The summed E-state index contributed by atoms with van der Waals surface area (Å²) in [5, 5.41) is 2.99. The SMILES string of the molecule is CC(C)NC(=O)[C@H](Cc1ccccc1)N(Cc1ccc(F)cc1)C(=O)CCc1ccc(C(C)(C)C)cc1. The highest BCUT2D eigenvalue weighted by atomic mass is 19.1. The van der Waals surface area contributed by atoms with Gasteiger partial charge < -0.3 is 10.2 Å². The molecule has 0 radical (unpaired) electrons. The molecule has 4 nitrogen and oxygen atoms in total. The van der Waals surface area contributed by atoms with Crippen molar-refractivity contribution < 1.29 is 14.0 Å². The van der Waals surface area contributed by atoms with Gasteiger partial charge in [-0.05, 0) is 60.1 Å². The molecule has 1 N–H and O–H groups in total. The Bertz CT molecular complexity index is 1150. The van der Waals surface area contributed by atoms with Gasteiger partial charge in [0.25, 0.3) is 0 Å². The van der Waals surface area contributed by atoms with Crippen LogP contribution >= 0.6 is 0 Å². The van der Waals surface area contributed by atoms with Crippen LogP contribution in [0.5, 0.6) is 0 Å². The number of rotatable bonds is 10. The van der Waals surface area contributed by atoms with E-state index in [1.165, 1.54) is 17.7 Å². The summed E-state index contributed by atoms with van der Waals surface area (Å²) in [4.78, 5) is 28.8. The summed E-state index contributed by atoms with van der Waals surface area (Å²) in [5.74, 6) is -0.633. The first-order chi connectivity index (χ1) is 17.5. The van der Waals surface area contributed by atoms with E-state index < -0.39 is 6.04 Å². The zero-order chi connectivity index (χ0) is 27.0. The molecule has 37 heavy (non-hydrogen) atoms. The monoisotopic (exact) mass is 502 g/mol. The van der Waals surface area contributed by atoms with Crippen molar-refractivity contribution in [3.63, 3.8) is 0 Å². The van der Waals surface area contributed by atoms with E-state index in [1.54, 1.807) is 17.0 Å². The molecule has 0 saturated carbocycles. The third kappa shape index (κ3) is 8.56. The van der Waals surface area contributed by atoms with E-state index in [1.807, 2.05) is 44.2 Å². The van der Waals surface area contributed by atoms with Crippen molar-refractivity contribution in [1.29, 1.82) is 0 Å². The number of nitrogens with one attached hydrogen (secondary N) is 1. The Morgan fingerprint density at radius 1 is 0.838 bits per heavy atom. The van der Waals surface area contributed by atoms with Gasteiger partial charge in [-0.1, -0.05) is 87.5 Å². The Hall–Kier alpha value is -3.47. The van der Waals surface area contributed by atoms with Crippen molar-refractivity contribution in [1.82, 2.24) is 10.2 Å². The van der Waals surface area contributed by atoms with Crippen LogP contribution in [0.2, 0.25) is 0 Å². The standard InChI is InChI=1S/C32H39FN2O2/c1-23(2)34-31(37)29(21-25-9-7-6-8-10-25)35(22-26-13-18-28(33)19-14-26)30(36)20-15-24-11-16-27(17-12-24)32(3,4)5/h6-14,16-19,23,29H,15,20-22H2,1-5H3,(H,34,37)/t29-/m0/s1. The van der Waals surface area contributed by atoms with E-state index in [-0.39, 0.29) is 42.1 Å². The van der Waals surface area contributed by atoms with Crippen molar-refractivity contribution in [2.75, 3.05) is 0 Å². The summed E-state index contributed by atoms with van der Waals surface area (Å²) in [6, 6.07) is 23.5. The normalized spacial score (nSPS) is 12.3. The first kappa shape index (κ1) is 28.1. The smallest absolute Gasteiger partial charge is 0.243 e. The summed E-state index contributed by atoms with van der Waals surface area (Å²) in [6.07, 6.45) is 1.25. The lowest BCUT2D eigenvalue weighted by atomic mass is 9.86. The maximum atomic E-state index is 13.7. The second kappa shape index (κ2) is 12.7. The predicted octanol–water partition coefficient (Wildman–Crippen LogP) is 6.22. The number of carbonyl (C=O) groups excluding carboxylic acids is 2. The minimum absolute atomic E-state index is 0.0603. The molecule has 0 aromatic heterocycles. The van der Waals surface area contributed by atoms with Crippen LogP contribution in [0.3, 0.4) is 0 Å². The predicted molar refractivity (Wildman–Crippen MR) is 148 cm³/mol. The van der Waals surface area contributed by atoms with E-state index in [2.05, 4.69) is 50.4 Å². The lowest BCUT2D eigenvalue weighted by Crippen LogP contribution is -2.51. The molecule has 0 spiro atoms. The van der Waals surface area contributed by atoms with Gasteiger partial charge in [0.15, 0.2) is 0 Å². The molecule has 3 rings (SSSR count). The van der Waals surface area contributed by atoms with Gasteiger partial charge in [-0.25, -0.2) is 4.39 Å². The zero-order valence-corrected chi connectivity index (χ0v) is 22.6. The number of amides is 2. The molecule has 0 aliphatic heterocycles. The molecule has 0 unspecified atom stereocenters. The molecule has 196 valence electrons. The second-order valence-corrected chi connectivity index (χ2v) is 11.0. The van der Waals surface area contributed by atoms with Crippen molar-refractivity contribution in [3.8, 4) is 0 Å². The van der Waals surface area contributed by atoms with Crippen LogP contribution in [0.1, 0.15) is 63.3 Å². The fraction of sp³-hybridized carbons (Fsp3) is 0.375. The Kier molecular flexibility index (Phi) is 9.62. The molecule has 0 bridgehead atoms. The van der Waals surface area contributed by atoms with E-state index in [0.29, 0.717) is 12.8 Å². The highest BCUT2D eigenvalue weighted by molar-refractivity contribution is 5.88. The van der Waals surface area contributed by atoms with E-state index in [0.717, 1.165) is 16.7 Å². The Morgan fingerprint density at radius 2 is 1.43 bits per heavy atom. The van der Waals surface area contributed by atoms with E-state index in [9.17, 15) is 14.0 Å². The molecule has 2 amide bonds. The minimum atomic E-state index is -0.689. The number of hydrogen-bond donors (Lipinski definition) is 1. The van der Waals surface area contributed by atoms with E-state index in [4.69, 9.17) is 0 Å². The fourth-order valence-corrected chi connectivity index (χ4v) is 4.29. The largest absolute Gasteiger partial charge is 0.352 e.